The minimum Gasteiger partial charge on any atom is -0.504 e. The maximum Gasteiger partial charge on any atom is 0.282 e. The van der Waals surface area contributed by atoms with Crippen LogP contribution in [0, 0.1) is 25.7 Å². The number of anilines is 1. The summed E-state index contributed by atoms with van der Waals surface area (Å²) in [6.07, 6.45) is 1.97. The Kier molecular flexibility index (Phi) is 7.81. The molecule has 51 heavy (non-hydrogen) atoms. The third-order valence-corrected chi connectivity index (χ3v) is 9.82. The molecule has 2 aromatic carbocycles. The monoisotopic (exact) mass is 684 g/mol. The Hall–Kier alpha value is -5.71. The Bertz CT molecular complexity index is 2450. The number of nitrogens with two attached hydrogens (primary N) is 1. The fourth-order valence-electron chi connectivity index (χ4n) is 7.24. The van der Waals surface area contributed by atoms with Crippen molar-refractivity contribution in [3.63, 3.8) is 0 Å². The van der Waals surface area contributed by atoms with Crippen molar-refractivity contribution in [3.8, 4) is 34.6 Å². The van der Waals surface area contributed by atoms with Crippen LogP contribution in [0.2, 0.25) is 0 Å². The summed E-state index contributed by atoms with van der Waals surface area (Å²) in [5.41, 5.74) is 11.3. The van der Waals surface area contributed by atoms with E-state index in [1.807, 2.05) is 68.8 Å². The molecule has 13 nitrogen and oxygen atoms in total. The third kappa shape index (κ3) is 5.66. The number of ether oxygens (including phenoxy) is 1. The molecule has 1 fully saturated rings. The van der Waals surface area contributed by atoms with Gasteiger partial charge in [0.1, 0.15) is 30.0 Å². The Morgan fingerprint density at radius 1 is 0.980 bits per heavy atom. The molecule has 1 saturated heterocycles. The van der Waals surface area contributed by atoms with Gasteiger partial charge in [0, 0.05) is 60.7 Å². The molecule has 0 radical (unpaired) electrons. The first-order valence-corrected chi connectivity index (χ1v) is 17.1. The second-order valence-corrected chi connectivity index (χ2v) is 14.1. The van der Waals surface area contributed by atoms with E-state index in [-0.39, 0.29) is 23.7 Å². The van der Waals surface area contributed by atoms with E-state index in [0.29, 0.717) is 57.7 Å². The number of likely N-dealkylation sites (N-methyl/N-ethyl adjacent to an activating group) is 1. The second kappa shape index (κ2) is 12.3. The van der Waals surface area contributed by atoms with Crippen molar-refractivity contribution >= 4 is 27.8 Å². The number of hydrogen-bond acceptors (Lipinski definition) is 10. The molecule has 0 saturated carbocycles. The molecule has 3 N–H and O–H groups in total. The van der Waals surface area contributed by atoms with Gasteiger partial charge in [-0.2, -0.15) is 9.77 Å². The number of piperazine rings is 1. The first-order chi connectivity index (χ1) is 24.5. The number of aryl methyl sites for hydroxylation is 2. The third-order valence-electron chi connectivity index (χ3n) is 9.82. The van der Waals surface area contributed by atoms with E-state index in [1.165, 1.54) is 6.33 Å². The molecule has 0 aliphatic carbocycles. The maximum absolute atomic E-state index is 14.7. The SMILES string of the molecule is Cc1ccc(C)n1-n1c(Cn2nc(-c3ccc(O)c4c3CC(C)(C)O4)c3c(N)ncnc32)nc2cccc(C#CCN3CCN(C)CC3)c2c1=O. The van der Waals surface area contributed by atoms with Crippen LogP contribution in [0.1, 0.15) is 42.2 Å². The number of hydrogen-bond donors (Lipinski definition) is 2. The Labute approximate surface area is 294 Å². The van der Waals surface area contributed by atoms with Crippen LogP contribution in [0.25, 0.3) is 33.2 Å². The number of rotatable bonds is 5. The fourth-order valence-corrected chi connectivity index (χ4v) is 7.24. The zero-order valence-corrected chi connectivity index (χ0v) is 29.4. The molecule has 2 aliphatic rings. The Balaban J connectivity index is 1.28. The van der Waals surface area contributed by atoms with Gasteiger partial charge in [-0.05, 0) is 71.1 Å². The quantitative estimate of drug-likeness (QED) is 0.259. The summed E-state index contributed by atoms with van der Waals surface area (Å²) in [4.78, 5) is 33.4. The van der Waals surface area contributed by atoms with E-state index >= 15 is 0 Å². The smallest absolute Gasteiger partial charge is 0.282 e. The van der Waals surface area contributed by atoms with Crippen LogP contribution in [0.15, 0.2) is 53.6 Å². The van der Waals surface area contributed by atoms with Crippen molar-refractivity contribution in [2.75, 3.05) is 45.5 Å². The minimum absolute atomic E-state index is 0.0671. The van der Waals surface area contributed by atoms with Gasteiger partial charge in [0.2, 0.25) is 0 Å². The molecule has 13 heteroatoms. The number of fused-ring (bicyclic) bond motifs is 3. The Morgan fingerprint density at radius 3 is 2.51 bits per heavy atom. The fraction of sp³-hybridized carbons (Fsp3) is 0.342. The zero-order chi connectivity index (χ0) is 35.6. The van der Waals surface area contributed by atoms with Gasteiger partial charge in [0.15, 0.2) is 23.0 Å². The first-order valence-electron chi connectivity index (χ1n) is 17.1. The highest BCUT2D eigenvalue weighted by Gasteiger charge is 2.35. The van der Waals surface area contributed by atoms with Gasteiger partial charge in [-0.15, -0.1) is 0 Å². The molecule has 6 aromatic rings. The van der Waals surface area contributed by atoms with Crippen molar-refractivity contribution < 1.29 is 9.84 Å². The van der Waals surface area contributed by atoms with Gasteiger partial charge >= 0.3 is 0 Å². The second-order valence-electron chi connectivity index (χ2n) is 14.1. The van der Waals surface area contributed by atoms with Crippen LogP contribution in [0.5, 0.6) is 11.5 Å². The number of nitrogens with zero attached hydrogens (tertiary/aromatic N) is 9. The molecule has 260 valence electrons. The maximum atomic E-state index is 14.7. The summed E-state index contributed by atoms with van der Waals surface area (Å²) in [5, 5.41) is 16.7. The van der Waals surface area contributed by atoms with Crippen LogP contribution >= 0.6 is 0 Å². The lowest BCUT2D eigenvalue weighted by molar-refractivity contribution is 0.134. The molecule has 4 aromatic heterocycles. The summed E-state index contributed by atoms with van der Waals surface area (Å²) in [6, 6.07) is 13.0. The number of phenolic OH excluding ortho intramolecular Hbond substituents is 1. The van der Waals surface area contributed by atoms with E-state index in [1.54, 1.807) is 15.4 Å². The number of aromatic nitrogens is 7. The average molecular weight is 685 g/mol. The summed E-state index contributed by atoms with van der Waals surface area (Å²) in [7, 11) is 2.13. The molecule has 0 bridgehead atoms. The zero-order valence-electron chi connectivity index (χ0n) is 29.4. The van der Waals surface area contributed by atoms with Gasteiger partial charge in [-0.3, -0.25) is 14.4 Å². The lowest BCUT2D eigenvalue weighted by atomic mass is 9.95. The van der Waals surface area contributed by atoms with Crippen molar-refractivity contribution in [2.24, 2.45) is 0 Å². The lowest BCUT2D eigenvalue weighted by Gasteiger charge is -2.30. The van der Waals surface area contributed by atoms with E-state index in [2.05, 4.69) is 38.7 Å². The van der Waals surface area contributed by atoms with Crippen molar-refractivity contribution in [1.82, 2.24) is 43.9 Å². The predicted molar refractivity (Wildman–Crippen MR) is 196 cm³/mol. The van der Waals surface area contributed by atoms with Crippen LogP contribution in [0.3, 0.4) is 0 Å². The molecule has 6 heterocycles. The summed E-state index contributed by atoms with van der Waals surface area (Å²) >= 11 is 0. The van der Waals surface area contributed by atoms with Crippen LogP contribution in [-0.2, 0) is 13.0 Å². The highest BCUT2D eigenvalue weighted by atomic mass is 16.5. The molecule has 0 atom stereocenters. The number of phenols is 1. The van der Waals surface area contributed by atoms with E-state index < -0.39 is 5.60 Å². The van der Waals surface area contributed by atoms with Crippen molar-refractivity contribution in [2.45, 2.75) is 46.3 Å². The van der Waals surface area contributed by atoms with Crippen LogP contribution in [-0.4, -0.2) is 94.4 Å². The minimum atomic E-state index is -0.512. The number of aromatic hydroxyl groups is 1. The van der Waals surface area contributed by atoms with E-state index in [0.717, 1.165) is 48.7 Å². The van der Waals surface area contributed by atoms with Crippen molar-refractivity contribution in [3.05, 3.63) is 87.5 Å². The normalized spacial score (nSPS) is 15.9. The predicted octanol–water partition coefficient (Wildman–Crippen LogP) is 3.58. The largest absolute Gasteiger partial charge is 0.504 e. The van der Waals surface area contributed by atoms with E-state index in [9.17, 15) is 9.90 Å². The van der Waals surface area contributed by atoms with Crippen molar-refractivity contribution in [1.29, 1.82) is 0 Å². The Morgan fingerprint density at radius 2 is 1.75 bits per heavy atom. The topological polar surface area (TPSA) is 145 Å². The highest BCUT2D eigenvalue weighted by molar-refractivity contribution is 5.99. The molecule has 8 rings (SSSR count). The average Bonchev–Trinajstić information content (AvgIpc) is 3.75. The summed E-state index contributed by atoms with van der Waals surface area (Å²) < 4.78 is 11.3. The number of benzene rings is 2. The highest BCUT2D eigenvalue weighted by Crippen LogP contribution is 2.47. The summed E-state index contributed by atoms with van der Waals surface area (Å²) in [5.74, 6) is 7.83. The molecule has 0 spiro atoms. The van der Waals surface area contributed by atoms with Gasteiger partial charge in [-0.25, -0.2) is 19.6 Å². The van der Waals surface area contributed by atoms with Crippen LogP contribution in [0.4, 0.5) is 5.82 Å². The summed E-state index contributed by atoms with van der Waals surface area (Å²) in [6.45, 7) is 12.5. The van der Waals surface area contributed by atoms with Gasteiger partial charge in [0.05, 0.1) is 22.8 Å². The lowest BCUT2D eigenvalue weighted by Crippen LogP contribution is -2.44. The molecule has 2 aliphatic heterocycles. The standard InChI is InChI=1S/C38H40N10O3/c1-23-11-12-24(2)47(23)48-30(42-28-10-6-8-25(31(28)37(48)50)9-7-15-45-18-16-44(5)17-19-45)21-46-36-32(35(39)40-22-41-36)33(43-46)26-13-14-29(49)34-27(26)20-38(3,4)51-34/h6,8,10-14,22,49H,15-21H2,1-5H3,(H2,39,40,41). The van der Waals surface area contributed by atoms with Gasteiger partial charge in [0.25, 0.3) is 5.56 Å². The van der Waals surface area contributed by atoms with Crippen LogP contribution < -0.4 is 16.0 Å². The molecular formula is C38H40N10O3. The van der Waals surface area contributed by atoms with Gasteiger partial charge in [-0.1, -0.05) is 17.9 Å². The molecular weight excluding hydrogens is 644 g/mol. The van der Waals surface area contributed by atoms with E-state index in [4.69, 9.17) is 20.6 Å². The van der Waals surface area contributed by atoms with Gasteiger partial charge < -0.3 is 20.5 Å². The molecule has 0 amide bonds. The first kappa shape index (κ1) is 32.5. The molecule has 0 unspecified atom stereocenters. The number of nitrogen functional groups attached to an aromatic ring is 1.